The lowest BCUT2D eigenvalue weighted by molar-refractivity contribution is 0.102. The van der Waals surface area contributed by atoms with Crippen LogP contribution in [-0.4, -0.2) is 18.2 Å². The summed E-state index contributed by atoms with van der Waals surface area (Å²) in [4.78, 5) is 13.3. The molecule has 0 heterocycles. The van der Waals surface area contributed by atoms with Crippen LogP contribution in [0.1, 0.15) is 23.2 Å². The van der Waals surface area contributed by atoms with Crippen molar-refractivity contribution in [3.05, 3.63) is 53.8 Å². The van der Waals surface area contributed by atoms with Crippen LogP contribution in [0.15, 0.2) is 47.4 Å². The van der Waals surface area contributed by atoms with Gasteiger partial charge in [-0.05, 0) is 43.4 Å². The molecule has 2 N–H and O–H groups in total. The van der Waals surface area contributed by atoms with Crippen molar-refractivity contribution in [2.24, 2.45) is 0 Å². The molecule has 1 fully saturated rings. The van der Waals surface area contributed by atoms with E-state index in [2.05, 4.69) is 10.6 Å². The lowest BCUT2D eigenvalue weighted by Crippen LogP contribution is -2.16. The fourth-order valence-electron chi connectivity index (χ4n) is 2.23. The number of hydrogen-bond donors (Lipinski definition) is 2. The van der Waals surface area contributed by atoms with Gasteiger partial charge in [-0.1, -0.05) is 18.2 Å². The van der Waals surface area contributed by atoms with Crippen LogP contribution in [-0.2, 0) is 0 Å². The van der Waals surface area contributed by atoms with Gasteiger partial charge in [0.25, 0.3) is 5.91 Å². The third kappa shape index (κ3) is 3.25. The van der Waals surface area contributed by atoms with Gasteiger partial charge < -0.3 is 10.6 Å². The highest BCUT2D eigenvalue weighted by atomic mass is 32.2. The van der Waals surface area contributed by atoms with E-state index in [1.807, 2.05) is 18.4 Å². The van der Waals surface area contributed by atoms with Gasteiger partial charge in [0, 0.05) is 10.9 Å². The summed E-state index contributed by atoms with van der Waals surface area (Å²) in [6, 6.07) is 12.5. The largest absolute Gasteiger partial charge is 0.381 e. The van der Waals surface area contributed by atoms with Gasteiger partial charge in [0.1, 0.15) is 11.5 Å². The minimum absolute atomic E-state index is 0.218. The van der Waals surface area contributed by atoms with E-state index >= 15 is 0 Å². The van der Waals surface area contributed by atoms with E-state index < -0.39 is 5.82 Å². The summed E-state index contributed by atoms with van der Waals surface area (Å²) in [7, 11) is 0. The zero-order valence-corrected chi connectivity index (χ0v) is 13.0. The molecular weight excluding hydrogens is 299 g/mol. The molecule has 1 amide bonds. The molecule has 5 heteroatoms. The number of para-hydroxylation sites is 1. The minimum atomic E-state index is -0.430. The van der Waals surface area contributed by atoms with Crippen LogP contribution in [0.5, 0.6) is 0 Å². The Kier molecular flexibility index (Phi) is 4.34. The first-order chi connectivity index (χ1) is 10.7. The third-order valence-corrected chi connectivity index (χ3v) is 4.34. The van der Waals surface area contributed by atoms with Gasteiger partial charge in [0.15, 0.2) is 0 Å². The summed E-state index contributed by atoms with van der Waals surface area (Å²) in [5.74, 6) is -0.727. The molecule has 0 aliphatic heterocycles. The number of halogens is 1. The Morgan fingerprint density at radius 1 is 1.18 bits per heavy atom. The van der Waals surface area contributed by atoms with E-state index in [1.54, 1.807) is 24.3 Å². The van der Waals surface area contributed by atoms with Crippen LogP contribution in [0.25, 0.3) is 0 Å². The van der Waals surface area contributed by atoms with Crippen molar-refractivity contribution in [2.75, 3.05) is 16.9 Å². The van der Waals surface area contributed by atoms with Gasteiger partial charge in [-0.15, -0.1) is 11.8 Å². The molecular formula is C17H17FN2OS. The summed E-state index contributed by atoms with van der Waals surface area (Å²) in [6.45, 7) is 0. The van der Waals surface area contributed by atoms with Gasteiger partial charge in [-0.2, -0.15) is 0 Å². The molecule has 22 heavy (non-hydrogen) atoms. The zero-order chi connectivity index (χ0) is 15.5. The summed E-state index contributed by atoms with van der Waals surface area (Å²) in [5, 5.41) is 5.96. The van der Waals surface area contributed by atoms with Crippen LogP contribution < -0.4 is 10.6 Å². The number of benzene rings is 2. The van der Waals surface area contributed by atoms with E-state index in [1.165, 1.54) is 17.8 Å². The molecule has 3 nitrogen and oxygen atoms in total. The molecule has 0 saturated heterocycles. The Morgan fingerprint density at radius 2 is 1.95 bits per heavy atom. The average molecular weight is 316 g/mol. The molecule has 0 bridgehead atoms. The SMILES string of the molecule is CSc1ccccc1C(=O)Nc1c(F)cccc1NC1CC1. The number of nitrogens with one attached hydrogen (secondary N) is 2. The maximum Gasteiger partial charge on any atom is 0.256 e. The molecule has 0 aromatic heterocycles. The number of rotatable bonds is 5. The average Bonchev–Trinajstić information content (AvgIpc) is 3.34. The van der Waals surface area contributed by atoms with Crippen molar-refractivity contribution in [2.45, 2.75) is 23.8 Å². The lowest BCUT2D eigenvalue weighted by atomic mass is 10.2. The number of carbonyl (C=O) groups is 1. The second-order valence-electron chi connectivity index (χ2n) is 5.24. The van der Waals surface area contributed by atoms with Crippen molar-refractivity contribution < 1.29 is 9.18 Å². The minimum Gasteiger partial charge on any atom is -0.381 e. The monoisotopic (exact) mass is 316 g/mol. The summed E-state index contributed by atoms with van der Waals surface area (Å²) in [5.41, 5.74) is 1.41. The summed E-state index contributed by atoms with van der Waals surface area (Å²) < 4.78 is 14.1. The molecule has 1 aliphatic carbocycles. The molecule has 0 unspecified atom stereocenters. The van der Waals surface area contributed by atoms with Crippen molar-refractivity contribution in [1.82, 2.24) is 0 Å². The number of anilines is 2. The summed E-state index contributed by atoms with van der Waals surface area (Å²) >= 11 is 1.49. The molecule has 0 spiro atoms. The van der Waals surface area contributed by atoms with Crippen molar-refractivity contribution in [3.8, 4) is 0 Å². The first kappa shape index (κ1) is 14.9. The predicted molar refractivity (Wildman–Crippen MR) is 89.2 cm³/mol. The van der Waals surface area contributed by atoms with Crippen LogP contribution in [0.3, 0.4) is 0 Å². The zero-order valence-electron chi connectivity index (χ0n) is 12.2. The van der Waals surface area contributed by atoms with Crippen LogP contribution >= 0.6 is 11.8 Å². The standard InChI is InChI=1S/C17H17FN2OS/c1-22-15-8-3-2-5-12(15)17(21)20-16-13(18)6-4-7-14(16)19-11-9-10-11/h2-8,11,19H,9-10H2,1H3,(H,20,21). The van der Waals surface area contributed by atoms with Gasteiger partial charge in [-0.3, -0.25) is 4.79 Å². The Labute approximate surface area is 133 Å². The van der Waals surface area contributed by atoms with E-state index in [-0.39, 0.29) is 11.6 Å². The van der Waals surface area contributed by atoms with E-state index in [9.17, 15) is 9.18 Å². The Hall–Kier alpha value is -2.01. The molecule has 1 aliphatic rings. The molecule has 2 aromatic carbocycles. The van der Waals surface area contributed by atoms with Crippen molar-refractivity contribution in [3.63, 3.8) is 0 Å². The highest BCUT2D eigenvalue weighted by Gasteiger charge is 2.23. The van der Waals surface area contributed by atoms with E-state index in [4.69, 9.17) is 0 Å². The van der Waals surface area contributed by atoms with Crippen LogP contribution in [0, 0.1) is 5.82 Å². The molecule has 114 valence electrons. The van der Waals surface area contributed by atoms with Crippen molar-refractivity contribution >= 4 is 29.0 Å². The second kappa shape index (κ2) is 6.40. The van der Waals surface area contributed by atoms with Gasteiger partial charge in [-0.25, -0.2) is 4.39 Å². The maximum absolute atomic E-state index is 14.1. The number of carbonyl (C=O) groups excluding carboxylic acids is 1. The van der Waals surface area contributed by atoms with E-state index in [0.717, 1.165) is 17.7 Å². The first-order valence-corrected chi connectivity index (χ1v) is 8.41. The Balaban J connectivity index is 1.87. The quantitative estimate of drug-likeness (QED) is 0.805. The van der Waals surface area contributed by atoms with Gasteiger partial charge in [0.05, 0.1) is 11.3 Å². The Bertz CT molecular complexity index is 701. The molecule has 2 aromatic rings. The third-order valence-electron chi connectivity index (χ3n) is 3.54. The van der Waals surface area contributed by atoms with Crippen LogP contribution in [0.4, 0.5) is 15.8 Å². The second-order valence-corrected chi connectivity index (χ2v) is 6.08. The molecule has 0 atom stereocenters. The predicted octanol–water partition coefficient (Wildman–Crippen LogP) is 4.37. The lowest BCUT2D eigenvalue weighted by Gasteiger charge is -2.14. The molecule has 1 saturated carbocycles. The highest BCUT2D eigenvalue weighted by molar-refractivity contribution is 7.98. The molecule has 3 rings (SSSR count). The smallest absolute Gasteiger partial charge is 0.256 e. The fraction of sp³-hybridized carbons (Fsp3) is 0.235. The van der Waals surface area contributed by atoms with Crippen molar-refractivity contribution in [1.29, 1.82) is 0 Å². The fourth-order valence-corrected chi connectivity index (χ4v) is 2.83. The highest BCUT2D eigenvalue weighted by Crippen LogP contribution is 2.32. The Morgan fingerprint density at radius 3 is 2.68 bits per heavy atom. The maximum atomic E-state index is 14.1. The summed E-state index contributed by atoms with van der Waals surface area (Å²) in [6.07, 6.45) is 4.08. The first-order valence-electron chi connectivity index (χ1n) is 7.18. The van der Waals surface area contributed by atoms with Gasteiger partial charge in [0.2, 0.25) is 0 Å². The van der Waals surface area contributed by atoms with E-state index in [0.29, 0.717) is 17.3 Å². The van der Waals surface area contributed by atoms with Crippen LogP contribution in [0.2, 0.25) is 0 Å². The number of amides is 1. The number of hydrogen-bond acceptors (Lipinski definition) is 3. The number of thioether (sulfide) groups is 1. The normalized spacial score (nSPS) is 13.7. The van der Waals surface area contributed by atoms with Gasteiger partial charge >= 0.3 is 0 Å². The molecule has 0 radical (unpaired) electrons. The topological polar surface area (TPSA) is 41.1 Å².